The number of carbonyl (C=O) groups excluding carboxylic acids is 1. The molecule has 1 heterocycles. The van der Waals surface area contributed by atoms with Gasteiger partial charge in [-0.25, -0.2) is 0 Å². The number of thiophene rings is 1. The first kappa shape index (κ1) is 13.0. The molecule has 2 rings (SSSR count). The standard InChI is InChI=1S/C16H18OS/c1-10(2)16(17)15-6-5-14(18-15)13-8-11(3)7-12(4)9-13/h5-10H,1-4H3. The van der Waals surface area contributed by atoms with Crippen molar-refractivity contribution in [3.05, 3.63) is 46.3 Å². The van der Waals surface area contributed by atoms with Crippen molar-refractivity contribution >= 4 is 17.1 Å². The molecule has 2 heteroatoms. The van der Waals surface area contributed by atoms with Gasteiger partial charge in [0.2, 0.25) is 0 Å². The third-order valence-corrected chi connectivity index (χ3v) is 4.03. The molecule has 2 aromatic rings. The molecule has 0 radical (unpaired) electrons. The third-order valence-electron chi connectivity index (χ3n) is 2.88. The highest BCUT2D eigenvalue weighted by Gasteiger charge is 2.13. The minimum Gasteiger partial charge on any atom is -0.293 e. The first-order valence-corrected chi connectivity index (χ1v) is 7.01. The number of benzene rings is 1. The van der Waals surface area contributed by atoms with Gasteiger partial charge in [-0.3, -0.25) is 4.79 Å². The Morgan fingerprint density at radius 1 is 1.06 bits per heavy atom. The highest BCUT2D eigenvalue weighted by Crippen LogP contribution is 2.30. The molecule has 0 fully saturated rings. The minimum absolute atomic E-state index is 0.0655. The maximum absolute atomic E-state index is 11.9. The van der Waals surface area contributed by atoms with E-state index < -0.39 is 0 Å². The fourth-order valence-corrected chi connectivity index (χ4v) is 3.11. The van der Waals surface area contributed by atoms with Crippen LogP contribution in [-0.2, 0) is 0 Å². The molecular weight excluding hydrogens is 240 g/mol. The number of carbonyl (C=O) groups is 1. The van der Waals surface area contributed by atoms with Crippen LogP contribution in [0.25, 0.3) is 10.4 Å². The van der Waals surface area contributed by atoms with Gasteiger partial charge >= 0.3 is 0 Å². The molecule has 0 aliphatic heterocycles. The average molecular weight is 258 g/mol. The first-order valence-electron chi connectivity index (χ1n) is 6.20. The molecule has 1 aromatic heterocycles. The Bertz CT molecular complexity index is 558. The summed E-state index contributed by atoms with van der Waals surface area (Å²) < 4.78 is 0. The van der Waals surface area contributed by atoms with Crippen molar-refractivity contribution in [2.45, 2.75) is 27.7 Å². The van der Waals surface area contributed by atoms with E-state index in [2.05, 4.69) is 38.1 Å². The van der Waals surface area contributed by atoms with E-state index in [4.69, 9.17) is 0 Å². The van der Waals surface area contributed by atoms with Crippen LogP contribution in [0.5, 0.6) is 0 Å². The van der Waals surface area contributed by atoms with Crippen LogP contribution in [-0.4, -0.2) is 5.78 Å². The number of hydrogen-bond acceptors (Lipinski definition) is 2. The van der Waals surface area contributed by atoms with Gasteiger partial charge in [-0.05, 0) is 31.5 Å². The lowest BCUT2D eigenvalue weighted by Gasteiger charge is -2.02. The Labute approximate surface area is 112 Å². The molecule has 1 aromatic carbocycles. The van der Waals surface area contributed by atoms with Gasteiger partial charge in [0.1, 0.15) is 0 Å². The van der Waals surface area contributed by atoms with Crippen molar-refractivity contribution in [3.63, 3.8) is 0 Å². The molecule has 18 heavy (non-hydrogen) atoms. The quantitative estimate of drug-likeness (QED) is 0.718. The van der Waals surface area contributed by atoms with Crippen molar-refractivity contribution in [2.75, 3.05) is 0 Å². The van der Waals surface area contributed by atoms with Crippen molar-refractivity contribution in [1.82, 2.24) is 0 Å². The fraction of sp³-hybridized carbons (Fsp3) is 0.312. The highest BCUT2D eigenvalue weighted by molar-refractivity contribution is 7.17. The lowest BCUT2D eigenvalue weighted by molar-refractivity contribution is 0.0943. The van der Waals surface area contributed by atoms with Crippen molar-refractivity contribution in [3.8, 4) is 10.4 Å². The number of aryl methyl sites for hydroxylation is 2. The molecule has 1 nitrogen and oxygen atoms in total. The molecule has 94 valence electrons. The van der Waals surface area contributed by atoms with Crippen LogP contribution in [0.2, 0.25) is 0 Å². The van der Waals surface area contributed by atoms with Crippen LogP contribution in [0.15, 0.2) is 30.3 Å². The number of hydrogen-bond donors (Lipinski definition) is 0. The second-order valence-corrected chi connectivity index (χ2v) is 6.14. The van der Waals surface area contributed by atoms with E-state index in [1.807, 2.05) is 19.9 Å². The van der Waals surface area contributed by atoms with Gasteiger partial charge in [0, 0.05) is 10.8 Å². The van der Waals surface area contributed by atoms with Gasteiger partial charge in [0.05, 0.1) is 4.88 Å². The average Bonchev–Trinajstić information content (AvgIpc) is 2.75. The van der Waals surface area contributed by atoms with Gasteiger partial charge < -0.3 is 0 Å². The second-order valence-electron chi connectivity index (χ2n) is 5.06. The molecule has 0 spiro atoms. The topological polar surface area (TPSA) is 17.1 Å². The van der Waals surface area contributed by atoms with Gasteiger partial charge in [0.25, 0.3) is 0 Å². The largest absolute Gasteiger partial charge is 0.293 e. The summed E-state index contributed by atoms with van der Waals surface area (Å²) in [5.41, 5.74) is 3.73. The Morgan fingerprint density at radius 3 is 2.22 bits per heavy atom. The molecule has 0 atom stereocenters. The normalized spacial score (nSPS) is 10.9. The van der Waals surface area contributed by atoms with E-state index >= 15 is 0 Å². The summed E-state index contributed by atoms with van der Waals surface area (Å²) in [5.74, 6) is 0.298. The summed E-state index contributed by atoms with van der Waals surface area (Å²) in [7, 11) is 0. The Balaban J connectivity index is 2.38. The van der Waals surface area contributed by atoms with Gasteiger partial charge in [-0.1, -0.05) is 43.2 Å². The number of ketones is 1. The van der Waals surface area contributed by atoms with Crippen molar-refractivity contribution < 1.29 is 4.79 Å². The van der Waals surface area contributed by atoms with Crippen LogP contribution in [0, 0.1) is 19.8 Å². The zero-order valence-corrected chi connectivity index (χ0v) is 12.1. The van der Waals surface area contributed by atoms with E-state index in [0.29, 0.717) is 0 Å². The lowest BCUT2D eigenvalue weighted by atomic mass is 10.1. The van der Waals surface area contributed by atoms with E-state index in [9.17, 15) is 4.79 Å². The molecule has 0 aliphatic carbocycles. The first-order chi connectivity index (χ1) is 8.47. The monoisotopic (exact) mass is 258 g/mol. The van der Waals surface area contributed by atoms with Gasteiger partial charge in [-0.2, -0.15) is 0 Å². The van der Waals surface area contributed by atoms with Crippen molar-refractivity contribution in [2.24, 2.45) is 5.92 Å². The maximum atomic E-state index is 11.9. The van der Waals surface area contributed by atoms with E-state index in [0.717, 1.165) is 4.88 Å². The Morgan fingerprint density at radius 2 is 1.67 bits per heavy atom. The van der Waals surface area contributed by atoms with Crippen LogP contribution in [0.4, 0.5) is 0 Å². The van der Waals surface area contributed by atoms with Crippen LogP contribution < -0.4 is 0 Å². The summed E-state index contributed by atoms with van der Waals surface area (Å²) in [5, 5.41) is 0. The summed E-state index contributed by atoms with van der Waals surface area (Å²) in [6.07, 6.45) is 0. The Hall–Kier alpha value is -1.41. The summed E-state index contributed by atoms with van der Waals surface area (Å²) in [6, 6.07) is 10.5. The maximum Gasteiger partial charge on any atom is 0.175 e. The van der Waals surface area contributed by atoms with Crippen molar-refractivity contribution in [1.29, 1.82) is 0 Å². The number of rotatable bonds is 3. The van der Waals surface area contributed by atoms with E-state index in [1.54, 1.807) is 11.3 Å². The summed E-state index contributed by atoms with van der Waals surface area (Å²) in [6.45, 7) is 8.09. The van der Waals surface area contributed by atoms with Crippen LogP contribution in [0.1, 0.15) is 34.6 Å². The second kappa shape index (κ2) is 5.07. The molecule has 0 saturated heterocycles. The van der Waals surface area contributed by atoms with Gasteiger partial charge in [0.15, 0.2) is 5.78 Å². The highest BCUT2D eigenvalue weighted by atomic mass is 32.1. The lowest BCUT2D eigenvalue weighted by Crippen LogP contribution is -2.04. The molecule has 0 amide bonds. The van der Waals surface area contributed by atoms with Crippen LogP contribution in [0.3, 0.4) is 0 Å². The SMILES string of the molecule is Cc1cc(C)cc(-c2ccc(C(=O)C(C)C)s2)c1. The van der Waals surface area contributed by atoms with E-state index in [1.165, 1.54) is 21.6 Å². The Kier molecular flexibility index (Phi) is 3.67. The zero-order valence-electron chi connectivity index (χ0n) is 11.3. The third kappa shape index (κ3) is 2.70. The summed E-state index contributed by atoms with van der Waals surface area (Å²) >= 11 is 1.59. The van der Waals surface area contributed by atoms with Gasteiger partial charge in [-0.15, -0.1) is 11.3 Å². The van der Waals surface area contributed by atoms with Crippen LogP contribution >= 0.6 is 11.3 Å². The minimum atomic E-state index is 0.0655. The molecule has 0 unspecified atom stereocenters. The fourth-order valence-electron chi connectivity index (χ4n) is 2.03. The molecule has 0 aliphatic rings. The van der Waals surface area contributed by atoms with E-state index in [-0.39, 0.29) is 11.7 Å². The predicted molar refractivity (Wildman–Crippen MR) is 78.4 cm³/mol. The molecular formula is C16H18OS. The zero-order chi connectivity index (χ0) is 13.3. The molecule has 0 bridgehead atoms. The summed E-state index contributed by atoms with van der Waals surface area (Å²) in [4.78, 5) is 14.0. The number of Topliss-reactive ketones (excluding diaryl/α,β-unsaturated/α-hetero) is 1. The smallest absolute Gasteiger partial charge is 0.175 e. The molecule has 0 saturated carbocycles. The predicted octanol–water partition coefficient (Wildman–Crippen LogP) is 4.87. The molecule has 0 N–H and O–H groups in total.